The number of hydrogen-bond donors (Lipinski definition) is 0. The molecule has 0 amide bonds. The van der Waals surface area contributed by atoms with Crippen LogP contribution in [0, 0.1) is 33.5 Å². The molecule has 5 nitrogen and oxygen atoms in total. The van der Waals surface area contributed by atoms with E-state index in [9.17, 15) is 9.59 Å². The Morgan fingerprint density at radius 3 is 1.80 bits per heavy atom. The van der Waals surface area contributed by atoms with Gasteiger partial charge < -0.3 is 31.2 Å². The number of Topliss-reactive ketones (excluding diaryl/α,β-unsaturated/α-hetero) is 1. The summed E-state index contributed by atoms with van der Waals surface area (Å²) in [6, 6.07) is 32.7. The molecular weight excluding hydrogens is 719 g/mol. The Labute approximate surface area is 316 Å². The Balaban J connectivity index is 0.00000448. The van der Waals surface area contributed by atoms with Crippen LogP contribution in [0.3, 0.4) is 0 Å². The fourth-order valence-corrected chi connectivity index (χ4v) is 15.6. The quantitative estimate of drug-likeness (QED) is 0.140. The zero-order valence-corrected chi connectivity index (χ0v) is 33.3. The van der Waals surface area contributed by atoms with Crippen LogP contribution in [0.2, 0.25) is 0 Å². The predicted molar refractivity (Wildman–Crippen MR) is 203 cm³/mol. The summed E-state index contributed by atoms with van der Waals surface area (Å²) in [5.41, 5.74) is -0.347. The Morgan fingerprint density at radius 1 is 0.686 bits per heavy atom. The van der Waals surface area contributed by atoms with Crippen LogP contribution in [0.25, 0.3) is 0 Å². The SMILES string of the molecule is C[C@@]12CC[C@@H]3[C@@](CC[C@H]4[C@@]3(C)CCC[C@@]4(C)C(=O)OCCOCCOCC[P+](c3ccccc3)(c3ccccc3)c3ccccc3)(CC1=O)C2.[Br-]. The maximum absolute atomic E-state index is 13.8. The van der Waals surface area contributed by atoms with E-state index >= 15 is 0 Å². The van der Waals surface area contributed by atoms with Gasteiger partial charge in [-0.25, -0.2) is 0 Å². The average molecular weight is 776 g/mol. The Kier molecular flexibility index (Phi) is 11.7. The van der Waals surface area contributed by atoms with Gasteiger partial charge in [0.25, 0.3) is 0 Å². The Morgan fingerprint density at radius 2 is 1.22 bits per heavy atom. The number of carbonyl (C=O) groups excluding carboxylic acids is 2. The highest BCUT2D eigenvalue weighted by molar-refractivity contribution is 7.95. The van der Waals surface area contributed by atoms with E-state index in [2.05, 4.69) is 112 Å². The molecule has 4 aliphatic rings. The second-order valence-electron chi connectivity index (χ2n) is 16.6. The van der Waals surface area contributed by atoms with Gasteiger partial charge in [0, 0.05) is 11.8 Å². The van der Waals surface area contributed by atoms with Crippen LogP contribution in [-0.4, -0.2) is 50.9 Å². The van der Waals surface area contributed by atoms with E-state index in [1.165, 1.54) is 15.9 Å². The molecule has 4 saturated carbocycles. The third-order valence-electron chi connectivity index (χ3n) is 13.8. The minimum Gasteiger partial charge on any atom is -1.00 e. The van der Waals surface area contributed by atoms with Crippen molar-refractivity contribution in [2.45, 2.75) is 78.6 Å². The van der Waals surface area contributed by atoms with Gasteiger partial charge in [0.05, 0.1) is 38.0 Å². The molecule has 1 spiro atoms. The van der Waals surface area contributed by atoms with Crippen LogP contribution in [0.1, 0.15) is 78.6 Å². The van der Waals surface area contributed by atoms with Crippen molar-refractivity contribution < 1.29 is 40.8 Å². The lowest BCUT2D eigenvalue weighted by Crippen LogP contribution is -3.00. The number of benzene rings is 3. The Bertz CT molecular complexity index is 1540. The number of carbonyl (C=O) groups is 2. The molecule has 0 N–H and O–H groups in total. The lowest BCUT2D eigenvalue weighted by Gasteiger charge is -2.63. The third kappa shape index (κ3) is 6.93. The fraction of sp³-hybridized carbons (Fsp3) is 0.545. The smallest absolute Gasteiger partial charge is 0.312 e. The number of esters is 1. The number of ketones is 1. The molecule has 0 heterocycles. The van der Waals surface area contributed by atoms with Crippen molar-refractivity contribution in [1.29, 1.82) is 0 Å². The zero-order chi connectivity index (χ0) is 34.9. The van der Waals surface area contributed by atoms with Crippen LogP contribution in [0.4, 0.5) is 0 Å². The fourth-order valence-electron chi connectivity index (χ4n) is 11.5. The first kappa shape index (κ1) is 38.4. The normalized spacial score (nSPS) is 31.2. The molecule has 0 aliphatic heterocycles. The average Bonchev–Trinajstić information content (AvgIpc) is 3.32. The van der Waals surface area contributed by atoms with Crippen molar-refractivity contribution in [3.05, 3.63) is 91.0 Å². The van der Waals surface area contributed by atoms with E-state index in [4.69, 9.17) is 14.2 Å². The van der Waals surface area contributed by atoms with Gasteiger partial charge in [-0.05, 0) is 111 Å². The molecule has 7 heteroatoms. The molecule has 7 rings (SSSR count). The van der Waals surface area contributed by atoms with Gasteiger partial charge in [-0.1, -0.05) is 74.9 Å². The summed E-state index contributed by atoms with van der Waals surface area (Å²) in [6.07, 6.45) is 10.1. The monoisotopic (exact) mass is 774 g/mol. The first-order chi connectivity index (χ1) is 24.2. The van der Waals surface area contributed by atoms with Crippen LogP contribution < -0.4 is 32.9 Å². The van der Waals surface area contributed by atoms with E-state index in [1.54, 1.807) is 0 Å². The number of ether oxygens (including phenoxy) is 3. The maximum Gasteiger partial charge on any atom is 0.312 e. The molecule has 4 aliphatic carbocycles. The van der Waals surface area contributed by atoms with E-state index < -0.39 is 12.7 Å². The molecule has 2 bridgehead atoms. The number of halogens is 1. The van der Waals surface area contributed by atoms with Crippen LogP contribution >= 0.6 is 7.26 Å². The minimum absolute atomic E-state index is 0. The van der Waals surface area contributed by atoms with E-state index in [1.807, 2.05) is 0 Å². The van der Waals surface area contributed by atoms with Crippen LogP contribution in [-0.2, 0) is 23.8 Å². The second kappa shape index (κ2) is 15.5. The summed E-state index contributed by atoms with van der Waals surface area (Å²) in [6.45, 7) is 9.05. The molecule has 0 unspecified atom stereocenters. The largest absolute Gasteiger partial charge is 1.00 e. The highest BCUT2D eigenvalue weighted by Crippen LogP contribution is 2.73. The van der Waals surface area contributed by atoms with E-state index in [-0.39, 0.29) is 45.8 Å². The maximum atomic E-state index is 13.8. The second-order valence-corrected chi connectivity index (χ2v) is 20.2. The first-order valence-electron chi connectivity index (χ1n) is 19.1. The van der Waals surface area contributed by atoms with Gasteiger partial charge in [-0.3, -0.25) is 9.59 Å². The molecule has 0 aromatic heterocycles. The lowest BCUT2D eigenvalue weighted by atomic mass is 9.40. The standard InChI is InChI=1S/C44H56O5P.BrH/c1-41-24-20-38-42(2)22-13-23-43(3,37(42)21-25-44(38,33-41)32-39(41)45)40(46)49-29-28-47-26-27-48-30-31-50(34-14-7-4-8-15-34,35-16-9-5-10-17-35)36-18-11-6-12-19-36;/h4-12,14-19,37-38H,13,20-33H2,1-3H3;1H/q+1;/p-1/t37-,38-,41-,42+,43+,44-;/m0./s1. The van der Waals surface area contributed by atoms with Crippen molar-refractivity contribution in [3.63, 3.8) is 0 Å². The van der Waals surface area contributed by atoms with Crippen LogP contribution in [0.5, 0.6) is 0 Å². The molecule has 3 aromatic carbocycles. The molecule has 6 atom stereocenters. The van der Waals surface area contributed by atoms with Crippen LogP contribution in [0.15, 0.2) is 91.0 Å². The highest BCUT2D eigenvalue weighted by atomic mass is 79.9. The molecule has 0 saturated heterocycles. The summed E-state index contributed by atoms with van der Waals surface area (Å²) in [4.78, 5) is 26.9. The summed E-state index contributed by atoms with van der Waals surface area (Å²) >= 11 is 0. The Hall–Kier alpha value is -2.37. The molecule has 4 fully saturated rings. The summed E-state index contributed by atoms with van der Waals surface area (Å²) < 4.78 is 18.1. The van der Waals surface area contributed by atoms with E-state index in [0.717, 1.165) is 63.9 Å². The van der Waals surface area contributed by atoms with Gasteiger partial charge in [0.15, 0.2) is 0 Å². The van der Waals surface area contributed by atoms with E-state index in [0.29, 0.717) is 44.0 Å². The molecular formula is C44H56BrO5P. The topological polar surface area (TPSA) is 61.8 Å². The van der Waals surface area contributed by atoms with Crippen molar-refractivity contribution >= 4 is 34.9 Å². The highest BCUT2D eigenvalue weighted by Gasteiger charge is 2.68. The summed E-state index contributed by atoms with van der Waals surface area (Å²) in [5.74, 6) is 1.27. The number of rotatable bonds is 13. The molecule has 3 aromatic rings. The summed E-state index contributed by atoms with van der Waals surface area (Å²) in [7, 11) is -1.92. The lowest BCUT2D eigenvalue weighted by molar-refractivity contribution is -0.188. The zero-order valence-electron chi connectivity index (χ0n) is 30.8. The summed E-state index contributed by atoms with van der Waals surface area (Å²) in [5, 5.41) is 4.07. The van der Waals surface area contributed by atoms with Gasteiger partial charge in [-0.15, -0.1) is 0 Å². The van der Waals surface area contributed by atoms with Gasteiger partial charge >= 0.3 is 5.97 Å². The van der Waals surface area contributed by atoms with Crippen molar-refractivity contribution in [1.82, 2.24) is 0 Å². The van der Waals surface area contributed by atoms with Gasteiger partial charge in [0.1, 0.15) is 35.6 Å². The molecule has 51 heavy (non-hydrogen) atoms. The van der Waals surface area contributed by atoms with Gasteiger partial charge in [0.2, 0.25) is 0 Å². The molecule has 274 valence electrons. The third-order valence-corrected chi connectivity index (χ3v) is 18.2. The van der Waals surface area contributed by atoms with Crippen molar-refractivity contribution in [2.75, 3.05) is 39.2 Å². The van der Waals surface area contributed by atoms with Crippen molar-refractivity contribution in [3.8, 4) is 0 Å². The van der Waals surface area contributed by atoms with Gasteiger partial charge in [-0.2, -0.15) is 0 Å². The minimum atomic E-state index is -1.92. The first-order valence-corrected chi connectivity index (χ1v) is 21.0. The number of fused-ring (bicyclic) bond motifs is 3. The predicted octanol–water partition coefficient (Wildman–Crippen LogP) is 4.93. The number of hydrogen-bond acceptors (Lipinski definition) is 5. The molecule has 0 radical (unpaired) electrons. The van der Waals surface area contributed by atoms with Crippen molar-refractivity contribution in [2.24, 2.45) is 33.5 Å².